The minimum atomic E-state index is -1.42. The molecule has 0 radical (unpaired) electrons. The number of benzene rings is 3. The van der Waals surface area contributed by atoms with Gasteiger partial charge in [0.1, 0.15) is 0 Å². The number of nitrogens with zero attached hydrogens (tertiary/aromatic N) is 2. The number of fused-ring (bicyclic) bond motifs is 2. The van der Waals surface area contributed by atoms with E-state index >= 15 is 0 Å². The number of aryl methyl sites for hydroxylation is 1. The molecule has 0 atom stereocenters. The van der Waals surface area contributed by atoms with Crippen molar-refractivity contribution in [1.29, 1.82) is 0 Å². The largest absolute Gasteiger partial charge is 0.155 e. The average molecular weight is 495 g/mol. The van der Waals surface area contributed by atoms with Gasteiger partial charge in [0.05, 0.1) is 27.5 Å². The van der Waals surface area contributed by atoms with Crippen molar-refractivity contribution in [3.05, 3.63) is 71.9 Å². The Hall–Kier alpha value is -2.57. The highest BCUT2D eigenvalue weighted by molar-refractivity contribution is 7.03. The van der Waals surface area contributed by atoms with Crippen LogP contribution >= 0.6 is 0 Å². The van der Waals surface area contributed by atoms with E-state index in [9.17, 15) is 0 Å². The Morgan fingerprint density at radius 2 is 1.40 bits per heavy atom. The fourth-order valence-corrected chi connectivity index (χ4v) is 16.0. The van der Waals surface area contributed by atoms with Crippen LogP contribution < -0.4 is 10.4 Å². The molecule has 35 heavy (non-hydrogen) atoms. The molecule has 0 amide bonds. The van der Waals surface area contributed by atoms with Crippen LogP contribution in [0.5, 0.6) is 0 Å². The first-order valence-electron chi connectivity index (χ1n) is 12.9. The molecule has 4 aromatic rings. The first kappa shape index (κ1) is 24.1. The predicted molar refractivity (Wildman–Crippen MR) is 158 cm³/mol. The zero-order chi connectivity index (χ0) is 25.2. The summed E-state index contributed by atoms with van der Waals surface area (Å²) in [5.41, 5.74) is 6.98. The summed E-state index contributed by atoms with van der Waals surface area (Å²) < 4.78 is 0. The molecular formula is C31H38N2Si2. The van der Waals surface area contributed by atoms with E-state index in [-0.39, 0.29) is 5.41 Å². The lowest BCUT2D eigenvalue weighted by Crippen LogP contribution is -2.63. The molecular weight excluding hydrogens is 457 g/mol. The van der Waals surface area contributed by atoms with Crippen LogP contribution in [0.1, 0.15) is 32.0 Å². The van der Waals surface area contributed by atoms with Crippen LogP contribution in [-0.2, 0) is 5.41 Å². The van der Waals surface area contributed by atoms with Gasteiger partial charge in [-0.1, -0.05) is 112 Å². The van der Waals surface area contributed by atoms with Crippen molar-refractivity contribution in [2.75, 3.05) is 0 Å². The molecule has 1 aromatic heterocycles. The van der Waals surface area contributed by atoms with Crippen molar-refractivity contribution in [2.24, 2.45) is 0 Å². The zero-order valence-electron chi connectivity index (χ0n) is 22.6. The third-order valence-corrected chi connectivity index (χ3v) is 15.6. The molecule has 0 saturated carbocycles. The van der Waals surface area contributed by atoms with E-state index in [2.05, 4.69) is 125 Å². The molecule has 1 aliphatic heterocycles. The second kappa shape index (κ2) is 8.24. The van der Waals surface area contributed by atoms with Gasteiger partial charge in [-0.05, 0) is 52.4 Å². The van der Waals surface area contributed by atoms with E-state index in [1.54, 1.807) is 10.4 Å². The molecule has 0 fully saturated rings. The van der Waals surface area contributed by atoms with E-state index in [4.69, 9.17) is 0 Å². The van der Waals surface area contributed by atoms with Gasteiger partial charge >= 0.3 is 0 Å². The highest BCUT2D eigenvalue weighted by atomic mass is 28.3. The van der Waals surface area contributed by atoms with Crippen molar-refractivity contribution in [3.8, 4) is 22.4 Å². The molecule has 4 heteroatoms. The smallest absolute Gasteiger partial charge is 0.0936 e. The van der Waals surface area contributed by atoms with E-state index in [1.165, 1.54) is 39.6 Å². The molecule has 0 aliphatic carbocycles. The molecule has 5 rings (SSSR count). The van der Waals surface area contributed by atoms with Crippen LogP contribution in [0.25, 0.3) is 33.2 Å². The summed E-state index contributed by atoms with van der Waals surface area (Å²) in [6.45, 7) is 19.1. The summed E-state index contributed by atoms with van der Waals surface area (Å²) in [4.78, 5) is 0. The maximum atomic E-state index is 4.67. The lowest BCUT2D eigenvalue weighted by molar-refractivity contribution is 0.596. The number of hydrogen-bond donors (Lipinski definition) is 0. The first-order valence-corrected chi connectivity index (χ1v) is 19.3. The van der Waals surface area contributed by atoms with Gasteiger partial charge in [0.15, 0.2) is 0 Å². The lowest BCUT2D eigenvalue weighted by Gasteiger charge is -2.39. The summed E-state index contributed by atoms with van der Waals surface area (Å²) in [6.07, 6.45) is 0. The summed E-state index contributed by atoms with van der Waals surface area (Å²) in [6, 6.07) is 25.7. The maximum Gasteiger partial charge on any atom is 0.0936 e. The number of rotatable bonds is 2. The van der Waals surface area contributed by atoms with E-state index in [1.807, 2.05) is 0 Å². The first-order chi connectivity index (χ1) is 16.4. The fourth-order valence-electron chi connectivity index (χ4n) is 5.72. The minimum absolute atomic E-state index is 0.0436. The van der Waals surface area contributed by atoms with E-state index in [0.29, 0.717) is 0 Å². The predicted octanol–water partition coefficient (Wildman–Crippen LogP) is 7.41. The quantitative estimate of drug-likeness (QED) is 0.271. The second-order valence-electron chi connectivity index (χ2n) is 12.8. The normalized spacial score (nSPS) is 16.8. The second-order valence-corrected chi connectivity index (χ2v) is 22.4. The monoisotopic (exact) mass is 494 g/mol. The highest BCUT2D eigenvalue weighted by Gasteiger charge is 2.39. The summed E-state index contributed by atoms with van der Waals surface area (Å²) in [5.74, 6) is 0. The van der Waals surface area contributed by atoms with Gasteiger partial charge in [0.2, 0.25) is 0 Å². The highest BCUT2D eigenvalue weighted by Crippen LogP contribution is 2.36. The lowest BCUT2D eigenvalue weighted by atomic mass is 9.82. The van der Waals surface area contributed by atoms with Gasteiger partial charge in [-0.2, -0.15) is 10.2 Å². The third kappa shape index (κ3) is 4.32. The molecule has 0 bridgehead atoms. The van der Waals surface area contributed by atoms with Crippen molar-refractivity contribution in [3.63, 3.8) is 0 Å². The van der Waals surface area contributed by atoms with Gasteiger partial charge in [-0.15, -0.1) is 0 Å². The Balaban J connectivity index is 1.67. The molecule has 3 aromatic carbocycles. The molecule has 0 spiro atoms. The van der Waals surface area contributed by atoms with Crippen LogP contribution in [0, 0.1) is 6.92 Å². The molecule has 0 saturated heterocycles. The molecule has 2 nitrogen and oxygen atoms in total. The van der Waals surface area contributed by atoms with Gasteiger partial charge < -0.3 is 0 Å². The zero-order valence-corrected chi connectivity index (χ0v) is 24.6. The van der Waals surface area contributed by atoms with Crippen molar-refractivity contribution >= 4 is 37.3 Å². The maximum absolute atomic E-state index is 4.67. The Morgan fingerprint density at radius 1 is 0.714 bits per heavy atom. The van der Waals surface area contributed by atoms with Crippen molar-refractivity contribution in [1.82, 2.24) is 10.2 Å². The van der Waals surface area contributed by atoms with Gasteiger partial charge in [0, 0.05) is 11.1 Å². The van der Waals surface area contributed by atoms with Crippen LogP contribution in [-0.4, -0.2) is 26.3 Å². The van der Waals surface area contributed by atoms with E-state index < -0.39 is 16.1 Å². The third-order valence-electron chi connectivity index (χ3n) is 8.11. The summed E-state index contributed by atoms with van der Waals surface area (Å²) in [5, 5.41) is 15.3. The summed E-state index contributed by atoms with van der Waals surface area (Å²) in [7, 11) is -2.76. The van der Waals surface area contributed by atoms with E-state index in [0.717, 1.165) is 17.0 Å². The van der Waals surface area contributed by atoms with Gasteiger partial charge in [0.25, 0.3) is 0 Å². The molecule has 0 N–H and O–H groups in total. The van der Waals surface area contributed by atoms with Gasteiger partial charge in [-0.3, -0.25) is 0 Å². The van der Waals surface area contributed by atoms with Crippen LogP contribution in [0.4, 0.5) is 0 Å². The molecule has 1 aliphatic rings. The Kier molecular flexibility index (Phi) is 5.69. The van der Waals surface area contributed by atoms with Crippen LogP contribution in [0.3, 0.4) is 0 Å². The van der Waals surface area contributed by atoms with Crippen LogP contribution in [0.2, 0.25) is 38.3 Å². The number of hydrogen-bond acceptors (Lipinski definition) is 2. The Morgan fingerprint density at radius 3 is 2.11 bits per heavy atom. The van der Waals surface area contributed by atoms with Gasteiger partial charge in [-0.25, -0.2) is 0 Å². The number of aromatic nitrogens is 2. The minimum Gasteiger partial charge on any atom is -0.155 e. The van der Waals surface area contributed by atoms with Crippen molar-refractivity contribution in [2.45, 2.75) is 71.4 Å². The standard InChI is InChI=1S/C31H38N2Si2/c1-21-26(23-13-14-29-30(19-23)35(7,8)16-15-34(29,5)6)20-28(33-32-21)24-17-22-11-9-10-12-25(22)27(18-24)31(2,3)4/h9-14,17-20H,15-16H2,1-8H3. The SMILES string of the molecule is Cc1nnc(-c2cc(C(C)(C)C)c3ccccc3c2)cc1-c1ccc2c(c1)[Si](C)(C)CC[Si]2(C)C. The van der Waals surface area contributed by atoms with Crippen molar-refractivity contribution < 1.29 is 0 Å². The fraction of sp³-hybridized carbons (Fsp3) is 0.355. The molecule has 180 valence electrons. The topological polar surface area (TPSA) is 25.8 Å². The molecule has 0 unspecified atom stereocenters. The summed E-state index contributed by atoms with van der Waals surface area (Å²) >= 11 is 0. The molecule has 2 heterocycles. The average Bonchev–Trinajstić information content (AvgIpc) is 2.81. The Bertz CT molecular complexity index is 1440. The van der Waals surface area contributed by atoms with Crippen LogP contribution in [0.15, 0.2) is 60.7 Å². The Labute approximate surface area is 212 Å².